The first-order valence-corrected chi connectivity index (χ1v) is 8.36. The molecule has 4 nitrogen and oxygen atoms in total. The maximum Gasteiger partial charge on any atom is 0.310 e. The SMILES string of the molecule is CC(C)(C)C1=NN(C(=O)c2ccco2)C(c2cccc(Br)c2)C1. The van der Waals surface area contributed by atoms with E-state index in [-0.39, 0.29) is 17.4 Å². The molecule has 0 bridgehead atoms. The molecule has 0 saturated heterocycles. The Bertz CT molecular complexity index is 745. The standard InChI is InChI=1S/C18H19BrN2O2/c1-18(2,3)16-11-14(12-6-4-7-13(19)10-12)21(20-16)17(22)15-8-5-9-23-15/h4-10,14H,11H2,1-3H3. The number of nitrogens with zero attached hydrogens (tertiary/aromatic N) is 2. The molecule has 0 spiro atoms. The van der Waals surface area contributed by atoms with Crippen molar-refractivity contribution in [2.24, 2.45) is 10.5 Å². The summed E-state index contributed by atoms with van der Waals surface area (Å²) in [5, 5.41) is 6.18. The molecule has 2 aromatic rings. The van der Waals surface area contributed by atoms with Crippen molar-refractivity contribution in [1.29, 1.82) is 0 Å². The van der Waals surface area contributed by atoms with Gasteiger partial charge in [-0.2, -0.15) is 5.10 Å². The van der Waals surface area contributed by atoms with Crippen molar-refractivity contribution in [3.63, 3.8) is 0 Å². The smallest absolute Gasteiger partial charge is 0.310 e. The van der Waals surface area contributed by atoms with Gasteiger partial charge in [-0.25, -0.2) is 5.01 Å². The fraction of sp³-hybridized carbons (Fsp3) is 0.333. The molecule has 0 aliphatic carbocycles. The first-order chi connectivity index (χ1) is 10.9. The van der Waals surface area contributed by atoms with Gasteiger partial charge in [0, 0.05) is 22.0 Å². The summed E-state index contributed by atoms with van der Waals surface area (Å²) in [6, 6.07) is 11.3. The Balaban J connectivity index is 1.99. The lowest BCUT2D eigenvalue weighted by Gasteiger charge is -2.21. The van der Waals surface area contributed by atoms with Crippen LogP contribution in [0.3, 0.4) is 0 Å². The van der Waals surface area contributed by atoms with Gasteiger partial charge in [-0.15, -0.1) is 0 Å². The third-order valence-electron chi connectivity index (χ3n) is 3.95. The van der Waals surface area contributed by atoms with Crippen LogP contribution >= 0.6 is 15.9 Å². The van der Waals surface area contributed by atoms with Crippen LogP contribution in [0, 0.1) is 5.41 Å². The van der Waals surface area contributed by atoms with Crippen molar-refractivity contribution in [3.05, 3.63) is 58.5 Å². The van der Waals surface area contributed by atoms with Crippen molar-refractivity contribution in [1.82, 2.24) is 5.01 Å². The van der Waals surface area contributed by atoms with Crippen LogP contribution in [0.1, 0.15) is 49.4 Å². The van der Waals surface area contributed by atoms with E-state index in [1.165, 1.54) is 6.26 Å². The second-order valence-electron chi connectivity index (χ2n) is 6.70. The van der Waals surface area contributed by atoms with Gasteiger partial charge in [0.15, 0.2) is 5.76 Å². The van der Waals surface area contributed by atoms with Gasteiger partial charge < -0.3 is 4.42 Å². The van der Waals surface area contributed by atoms with E-state index < -0.39 is 0 Å². The number of carbonyl (C=O) groups is 1. The third kappa shape index (κ3) is 3.24. The minimum Gasteiger partial charge on any atom is -0.459 e. The van der Waals surface area contributed by atoms with Gasteiger partial charge in [-0.1, -0.05) is 48.8 Å². The summed E-state index contributed by atoms with van der Waals surface area (Å²) in [6.07, 6.45) is 2.23. The van der Waals surface area contributed by atoms with Crippen molar-refractivity contribution in [2.45, 2.75) is 33.2 Å². The van der Waals surface area contributed by atoms with Crippen molar-refractivity contribution >= 4 is 27.5 Å². The second-order valence-corrected chi connectivity index (χ2v) is 7.61. The molecule has 3 rings (SSSR count). The zero-order valence-electron chi connectivity index (χ0n) is 13.4. The molecule has 0 fully saturated rings. The molecular weight excluding hydrogens is 356 g/mol. The quantitative estimate of drug-likeness (QED) is 0.739. The summed E-state index contributed by atoms with van der Waals surface area (Å²) < 4.78 is 6.26. The highest BCUT2D eigenvalue weighted by atomic mass is 79.9. The van der Waals surface area contributed by atoms with Crippen LogP contribution in [0.2, 0.25) is 0 Å². The zero-order chi connectivity index (χ0) is 16.6. The summed E-state index contributed by atoms with van der Waals surface area (Å²) in [7, 11) is 0. The minimum atomic E-state index is -0.209. The summed E-state index contributed by atoms with van der Waals surface area (Å²) >= 11 is 3.50. The van der Waals surface area contributed by atoms with Crippen LogP contribution in [0.15, 0.2) is 56.7 Å². The molecule has 2 heterocycles. The zero-order valence-corrected chi connectivity index (χ0v) is 15.0. The van der Waals surface area contributed by atoms with Crippen LogP contribution in [0.25, 0.3) is 0 Å². The number of rotatable bonds is 2. The van der Waals surface area contributed by atoms with E-state index in [9.17, 15) is 4.79 Å². The summed E-state index contributed by atoms with van der Waals surface area (Å²) in [6.45, 7) is 6.35. The molecule has 1 amide bonds. The molecule has 1 atom stereocenters. The van der Waals surface area contributed by atoms with E-state index >= 15 is 0 Å². The average Bonchev–Trinajstić information content (AvgIpc) is 3.15. The Morgan fingerprint density at radius 1 is 1.30 bits per heavy atom. The van der Waals surface area contributed by atoms with Crippen LogP contribution in [0.5, 0.6) is 0 Å². The Kier molecular flexibility index (Phi) is 4.15. The van der Waals surface area contributed by atoms with Crippen LogP contribution in [-0.2, 0) is 0 Å². The lowest BCUT2D eigenvalue weighted by atomic mass is 9.86. The van der Waals surface area contributed by atoms with E-state index in [0.29, 0.717) is 5.76 Å². The molecule has 23 heavy (non-hydrogen) atoms. The highest BCUT2D eigenvalue weighted by molar-refractivity contribution is 9.10. The lowest BCUT2D eigenvalue weighted by Crippen LogP contribution is -2.26. The molecule has 1 aromatic heterocycles. The topological polar surface area (TPSA) is 45.8 Å². The maximum atomic E-state index is 12.8. The normalized spacial score (nSPS) is 18.2. The first-order valence-electron chi connectivity index (χ1n) is 7.57. The van der Waals surface area contributed by atoms with Gasteiger partial charge in [0.25, 0.3) is 0 Å². The molecule has 0 N–H and O–H groups in total. The largest absolute Gasteiger partial charge is 0.459 e. The summed E-state index contributed by atoms with van der Waals surface area (Å²) in [5.41, 5.74) is 1.99. The molecule has 120 valence electrons. The van der Waals surface area contributed by atoms with Gasteiger partial charge in [-0.3, -0.25) is 4.79 Å². The van der Waals surface area contributed by atoms with Gasteiger partial charge in [0.1, 0.15) is 0 Å². The Morgan fingerprint density at radius 2 is 2.09 bits per heavy atom. The summed E-state index contributed by atoms with van der Waals surface area (Å²) in [4.78, 5) is 12.8. The fourth-order valence-corrected chi connectivity index (χ4v) is 3.06. The number of hydrogen-bond acceptors (Lipinski definition) is 3. The lowest BCUT2D eigenvalue weighted by molar-refractivity contribution is 0.0678. The van der Waals surface area contributed by atoms with E-state index in [1.807, 2.05) is 24.3 Å². The van der Waals surface area contributed by atoms with Crippen molar-refractivity contribution < 1.29 is 9.21 Å². The van der Waals surface area contributed by atoms with Gasteiger partial charge >= 0.3 is 5.91 Å². The molecule has 1 unspecified atom stereocenters. The van der Waals surface area contributed by atoms with Gasteiger partial charge in [0.05, 0.1) is 12.3 Å². The molecular formula is C18H19BrN2O2. The number of halogens is 1. The van der Waals surface area contributed by atoms with Crippen LogP contribution in [0.4, 0.5) is 0 Å². The highest BCUT2D eigenvalue weighted by Crippen LogP contribution is 2.37. The second kappa shape index (κ2) is 5.96. The molecule has 1 aliphatic rings. The molecule has 5 heteroatoms. The molecule has 0 radical (unpaired) electrons. The minimum absolute atomic E-state index is 0.0809. The molecule has 1 aromatic carbocycles. The van der Waals surface area contributed by atoms with Crippen molar-refractivity contribution in [2.75, 3.05) is 0 Å². The van der Waals surface area contributed by atoms with Gasteiger partial charge in [0.2, 0.25) is 0 Å². The first kappa shape index (κ1) is 16.0. The monoisotopic (exact) mass is 374 g/mol. The number of hydrazone groups is 1. The number of benzene rings is 1. The summed E-state index contributed by atoms with van der Waals surface area (Å²) in [5.74, 6) is 0.100. The van der Waals surface area contributed by atoms with E-state index in [0.717, 1.165) is 22.2 Å². The van der Waals surface area contributed by atoms with Crippen LogP contribution < -0.4 is 0 Å². The Labute approximate surface area is 144 Å². The number of furan rings is 1. The molecule has 0 saturated carbocycles. The predicted octanol–water partition coefficient (Wildman–Crippen LogP) is 5.03. The van der Waals surface area contributed by atoms with Gasteiger partial charge in [-0.05, 0) is 29.8 Å². The highest BCUT2D eigenvalue weighted by Gasteiger charge is 2.37. The third-order valence-corrected chi connectivity index (χ3v) is 4.44. The average molecular weight is 375 g/mol. The van der Waals surface area contributed by atoms with E-state index in [4.69, 9.17) is 4.42 Å². The number of carbonyl (C=O) groups excluding carboxylic acids is 1. The maximum absolute atomic E-state index is 12.8. The van der Waals surface area contributed by atoms with E-state index in [2.05, 4.69) is 41.8 Å². The predicted molar refractivity (Wildman–Crippen MR) is 93.3 cm³/mol. The number of hydrogen-bond donors (Lipinski definition) is 0. The Morgan fingerprint density at radius 3 is 2.70 bits per heavy atom. The van der Waals surface area contributed by atoms with E-state index in [1.54, 1.807) is 17.1 Å². The fourth-order valence-electron chi connectivity index (χ4n) is 2.64. The molecule has 1 aliphatic heterocycles. The van der Waals surface area contributed by atoms with Crippen molar-refractivity contribution in [3.8, 4) is 0 Å². The van der Waals surface area contributed by atoms with Crippen LogP contribution in [-0.4, -0.2) is 16.6 Å². The Hall–Kier alpha value is -1.88. The number of amides is 1.